The summed E-state index contributed by atoms with van der Waals surface area (Å²) >= 11 is 0. The van der Waals surface area contributed by atoms with Crippen molar-refractivity contribution >= 4 is 0 Å². The van der Waals surface area contributed by atoms with Crippen LogP contribution in [-0.2, 0) is 4.74 Å². The molecule has 2 atom stereocenters. The van der Waals surface area contributed by atoms with E-state index in [1.807, 2.05) is 0 Å². The third-order valence-corrected chi connectivity index (χ3v) is 3.99. The van der Waals surface area contributed by atoms with Crippen LogP contribution in [0.25, 0.3) is 0 Å². The van der Waals surface area contributed by atoms with Gasteiger partial charge >= 0.3 is 0 Å². The zero-order valence-electron chi connectivity index (χ0n) is 12.3. The fourth-order valence-corrected chi connectivity index (χ4v) is 2.92. The first kappa shape index (κ1) is 14.3. The molecule has 18 heavy (non-hydrogen) atoms. The molecule has 0 bridgehead atoms. The standard InChI is InChI=1S/C15H30N2O/c1-4-7-16-15-11-18-10-13(15)9-17(8-12(2)3)14-5-6-14/h12-16H,4-11H2,1-3H3. The Morgan fingerprint density at radius 2 is 2.06 bits per heavy atom. The van der Waals surface area contributed by atoms with Gasteiger partial charge in [-0.3, -0.25) is 4.90 Å². The Bertz CT molecular complexity index is 241. The lowest BCUT2D eigenvalue weighted by atomic mass is 10.0. The molecular formula is C15H30N2O. The van der Waals surface area contributed by atoms with Gasteiger partial charge in [0.1, 0.15) is 0 Å². The van der Waals surface area contributed by atoms with E-state index in [-0.39, 0.29) is 0 Å². The highest BCUT2D eigenvalue weighted by Crippen LogP contribution is 2.29. The fourth-order valence-electron chi connectivity index (χ4n) is 2.92. The smallest absolute Gasteiger partial charge is 0.0623 e. The highest BCUT2D eigenvalue weighted by Gasteiger charge is 2.35. The molecule has 0 radical (unpaired) electrons. The fraction of sp³-hybridized carbons (Fsp3) is 1.00. The van der Waals surface area contributed by atoms with Crippen molar-refractivity contribution in [1.82, 2.24) is 10.2 Å². The first-order chi connectivity index (χ1) is 8.70. The van der Waals surface area contributed by atoms with E-state index < -0.39 is 0 Å². The van der Waals surface area contributed by atoms with Gasteiger partial charge in [0.2, 0.25) is 0 Å². The number of nitrogens with zero attached hydrogens (tertiary/aromatic N) is 1. The highest BCUT2D eigenvalue weighted by atomic mass is 16.5. The van der Waals surface area contributed by atoms with Crippen molar-refractivity contribution in [2.24, 2.45) is 11.8 Å². The van der Waals surface area contributed by atoms with Gasteiger partial charge in [-0.05, 0) is 31.7 Å². The predicted molar refractivity (Wildman–Crippen MR) is 75.8 cm³/mol. The molecule has 2 rings (SSSR count). The van der Waals surface area contributed by atoms with E-state index in [0.29, 0.717) is 12.0 Å². The van der Waals surface area contributed by atoms with Gasteiger partial charge in [-0.15, -0.1) is 0 Å². The molecule has 1 aliphatic heterocycles. The van der Waals surface area contributed by atoms with E-state index in [0.717, 1.165) is 31.7 Å². The first-order valence-electron chi connectivity index (χ1n) is 7.75. The van der Waals surface area contributed by atoms with Crippen LogP contribution in [0, 0.1) is 11.8 Å². The molecule has 1 aliphatic carbocycles. The second kappa shape index (κ2) is 6.88. The van der Waals surface area contributed by atoms with Crippen molar-refractivity contribution in [3.8, 4) is 0 Å². The molecule has 1 saturated carbocycles. The molecule has 0 aromatic heterocycles. The summed E-state index contributed by atoms with van der Waals surface area (Å²) in [5, 5.41) is 3.65. The van der Waals surface area contributed by atoms with E-state index in [9.17, 15) is 0 Å². The quantitative estimate of drug-likeness (QED) is 0.718. The minimum absolute atomic E-state index is 0.582. The number of hydrogen-bond acceptors (Lipinski definition) is 3. The molecule has 2 fully saturated rings. The Labute approximate surface area is 112 Å². The van der Waals surface area contributed by atoms with Crippen LogP contribution in [0.3, 0.4) is 0 Å². The van der Waals surface area contributed by atoms with Gasteiger partial charge in [-0.25, -0.2) is 0 Å². The van der Waals surface area contributed by atoms with Crippen LogP contribution >= 0.6 is 0 Å². The van der Waals surface area contributed by atoms with Gasteiger partial charge in [-0.2, -0.15) is 0 Å². The lowest BCUT2D eigenvalue weighted by Gasteiger charge is -2.29. The van der Waals surface area contributed by atoms with Gasteiger partial charge in [-0.1, -0.05) is 20.8 Å². The first-order valence-corrected chi connectivity index (χ1v) is 7.75. The van der Waals surface area contributed by atoms with Gasteiger partial charge in [0.25, 0.3) is 0 Å². The summed E-state index contributed by atoms with van der Waals surface area (Å²) in [5.74, 6) is 1.46. The van der Waals surface area contributed by atoms with E-state index in [1.54, 1.807) is 0 Å². The minimum atomic E-state index is 0.582. The van der Waals surface area contributed by atoms with Crippen molar-refractivity contribution in [2.45, 2.75) is 52.1 Å². The molecule has 0 amide bonds. The minimum Gasteiger partial charge on any atom is -0.379 e. The maximum atomic E-state index is 5.68. The van der Waals surface area contributed by atoms with Crippen LogP contribution in [-0.4, -0.2) is 49.8 Å². The summed E-state index contributed by atoms with van der Waals surface area (Å²) in [7, 11) is 0. The summed E-state index contributed by atoms with van der Waals surface area (Å²) < 4.78 is 5.68. The molecule has 3 nitrogen and oxygen atoms in total. The normalized spacial score (nSPS) is 28.5. The highest BCUT2D eigenvalue weighted by molar-refractivity contribution is 4.90. The molecule has 106 valence electrons. The Morgan fingerprint density at radius 3 is 2.67 bits per heavy atom. The third-order valence-electron chi connectivity index (χ3n) is 3.99. The Kier molecular flexibility index (Phi) is 5.46. The third kappa shape index (κ3) is 4.22. The molecule has 0 aromatic carbocycles. The molecule has 2 unspecified atom stereocenters. The lowest BCUT2D eigenvalue weighted by molar-refractivity contribution is 0.157. The molecule has 1 heterocycles. The SMILES string of the molecule is CCCNC1COCC1CN(CC(C)C)C1CC1. The van der Waals surface area contributed by atoms with Crippen molar-refractivity contribution in [3.05, 3.63) is 0 Å². The van der Waals surface area contributed by atoms with Crippen molar-refractivity contribution < 1.29 is 4.74 Å². The average molecular weight is 254 g/mol. The molecule has 1 N–H and O–H groups in total. The number of rotatable bonds is 8. The van der Waals surface area contributed by atoms with Gasteiger partial charge in [0.15, 0.2) is 0 Å². The molecule has 2 aliphatic rings. The van der Waals surface area contributed by atoms with Crippen LogP contribution in [0.4, 0.5) is 0 Å². The zero-order valence-corrected chi connectivity index (χ0v) is 12.3. The van der Waals surface area contributed by atoms with Crippen LogP contribution in [0.5, 0.6) is 0 Å². The van der Waals surface area contributed by atoms with Crippen LogP contribution in [0.15, 0.2) is 0 Å². The van der Waals surface area contributed by atoms with Crippen molar-refractivity contribution in [3.63, 3.8) is 0 Å². The van der Waals surface area contributed by atoms with E-state index in [1.165, 1.54) is 32.4 Å². The average Bonchev–Trinajstić information content (AvgIpc) is 3.08. The van der Waals surface area contributed by atoms with Crippen LogP contribution in [0.1, 0.15) is 40.0 Å². The van der Waals surface area contributed by atoms with Crippen LogP contribution < -0.4 is 5.32 Å². The van der Waals surface area contributed by atoms with Gasteiger partial charge in [0, 0.05) is 31.1 Å². The summed E-state index contributed by atoms with van der Waals surface area (Å²) in [4.78, 5) is 2.71. The van der Waals surface area contributed by atoms with Crippen LogP contribution in [0.2, 0.25) is 0 Å². The molecule has 3 heteroatoms. The van der Waals surface area contributed by atoms with Gasteiger partial charge < -0.3 is 10.1 Å². The second-order valence-corrected chi connectivity index (χ2v) is 6.44. The number of ether oxygens (including phenoxy) is 1. The van der Waals surface area contributed by atoms with E-state index in [2.05, 4.69) is 31.0 Å². The second-order valence-electron chi connectivity index (χ2n) is 6.44. The maximum absolute atomic E-state index is 5.68. The Hall–Kier alpha value is -0.120. The lowest BCUT2D eigenvalue weighted by Crippen LogP contribution is -2.43. The summed E-state index contributed by atoms with van der Waals surface area (Å²) in [6, 6.07) is 1.46. The Balaban J connectivity index is 1.81. The molecular weight excluding hydrogens is 224 g/mol. The Morgan fingerprint density at radius 1 is 1.28 bits per heavy atom. The summed E-state index contributed by atoms with van der Waals surface area (Å²) in [6.45, 7) is 12.3. The molecule has 1 saturated heterocycles. The number of hydrogen-bond donors (Lipinski definition) is 1. The zero-order chi connectivity index (χ0) is 13.0. The molecule has 0 spiro atoms. The largest absolute Gasteiger partial charge is 0.379 e. The monoisotopic (exact) mass is 254 g/mol. The number of nitrogens with one attached hydrogen (secondary N) is 1. The van der Waals surface area contributed by atoms with E-state index in [4.69, 9.17) is 4.74 Å². The summed E-state index contributed by atoms with van der Waals surface area (Å²) in [6.07, 6.45) is 4.03. The van der Waals surface area contributed by atoms with Crippen molar-refractivity contribution in [1.29, 1.82) is 0 Å². The topological polar surface area (TPSA) is 24.5 Å². The predicted octanol–water partition coefficient (Wildman–Crippen LogP) is 2.12. The maximum Gasteiger partial charge on any atom is 0.0623 e. The van der Waals surface area contributed by atoms with Gasteiger partial charge in [0.05, 0.1) is 13.2 Å². The van der Waals surface area contributed by atoms with E-state index >= 15 is 0 Å². The summed E-state index contributed by atoms with van der Waals surface area (Å²) in [5.41, 5.74) is 0. The molecule has 0 aromatic rings. The van der Waals surface area contributed by atoms with Crippen molar-refractivity contribution in [2.75, 3.05) is 32.8 Å².